The Hall–Kier alpha value is -1.94. The van der Waals surface area contributed by atoms with Crippen LogP contribution in [0.25, 0.3) is 0 Å². The first-order chi connectivity index (χ1) is 12.0. The van der Waals surface area contributed by atoms with Crippen LogP contribution in [0.1, 0.15) is 48.2 Å². The summed E-state index contributed by atoms with van der Waals surface area (Å²) in [6, 6.07) is 12.0. The fourth-order valence-electron chi connectivity index (χ4n) is 2.59. The van der Waals surface area contributed by atoms with Gasteiger partial charge in [-0.15, -0.1) is 11.8 Å². The minimum absolute atomic E-state index is 0.0703. The van der Waals surface area contributed by atoms with Crippen molar-refractivity contribution in [2.45, 2.75) is 44.9 Å². The lowest BCUT2D eigenvalue weighted by molar-refractivity contribution is 0.101. The third-order valence-electron chi connectivity index (χ3n) is 3.96. The molecule has 0 aromatic heterocycles. The molecule has 0 atom stereocenters. The Morgan fingerprint density at radius 2 is 1.88 bits per heavy atom. The largest absolute Gasteiger partial charge is 0.507 e. The van der Waals surface area contributed by atoms with Crippen LogP contribution in [-0.4, -0.2) is 23.2 Å². The first kappa shape index (κ1) is 19.4. The van der Waals surface area contributed by atoms with Crippen LogP contribution in [0.15, 0.2) is 41.3 Å². The van der Waals surface area contributed by atoms with Crippen LogP contribution >= 0.6 is 11.8 Å². The van der Waals surface area contributed by atoms with Crippen molar-refractivity contribution < 1.29 is 14.6 Å². The number of ether oxygens (including phenoxy) is 1. The molecule has 0 aliphatic heterocycles. The van der Waals surface area contributed by atoms with Crippen LogP contribution < -0.4 is 4.74 Å². The van der Waals surface area contributed by atoms with Gasteiger partial charge in [-0.25, -0.2) is 0 Å². The number of aromatic hydroxyl groups is 1. The second-order valence-electron chi connectivity index (χ2n) is 6.11. The Morgan fingerprint density at radius 1 is 1.16 bits per heavy atom. The third kappa shape index (κ3) is 5.53. The van der Waals surface area contributed by atoms with E-state index in [0.29, 0.717) is 24.3 Å². The molecule has 25 heavy (non-hydrogen) atoms. The molecule has 0 spiro atoms. The van der Waals surface area contributed by atoms with Gasteiger partial charge in [-0.05, 0) is 51.0 Å². The summed E-state index contributed by atoms with van der Waals surface area (Å²) in [4.78, 5) is 12.8. The number of carbonyl (C=O) groups is 1. The normalized spacial score (nSPS) is 10.7. The van der Waals surface area contributed by atoms with Crippen molar-refractivity contribution in [1.82, 2.24) is 0 Å². The zero-order valence-electron chi connectivity index (χ0n) is 15.2. The van der Waals surface area contributed by atoms with Gasteiger partial charge in [0.05, 0.1) is 12.2 Å². The van der Waals surface area contributed by atoms with Gasteiger partial charge in [-0.1, -0.05) is 31.0 Å². The van der Waals surface area contributed by atoms with E-state index in [9.17, 15) is 9.90 Å². The van der Waals surface area contributed by atoms with Crippen LogP contribution in [0.2, 0.25) is 0 Å². The molecule has 0 fully saturated rings. The van der Waals surface area contributed by atoms with Gasteiger partial charge in [0, 0.05) is 16.2 Å². The minimum atomic E-state index is -0.129. The predicted octanol–water partition coefficient (Wildman–Crippen LogP) is 5.42. The number of benzene rings is 2. The van der Waals surface area contributed by atoms with E-state index in [1.165, 1.54) is 17.4 Å². The Bertz CT molecular complexity index is 708. The Kier molecular flexibility index (Phi) is 7.38. The fraction of sp³-hybridized carbons (Fsp3) is 0.381. The Morgan fingerprint density at radius 3 is 2.52 bits per heavy atom. The Labute approximate surface area is 154 Å². The first-order valence-corrected chi connectivity index (χ1v) is 9.69. The predicted molar refractivity (Wildman–Crippen MR) is 104 cm³/mol. The van der Waals surface area contributed by atoms with Crippen LogP contribution in [0.5, 0.6) is 11.5 Å². The molecule has 2 aromatic carbocycles. The van der Waals surface area contributed by atoms with Crippen molar-refractivity contribution in [3.8, 4) is 11.5 Å². The molecule has 0 bridgehead atoms. The van der Waals surface area contributed by atoms with Gasteiger partial charge >= 0.3 is 0 Å². The molecule has 2 aromatic rings. The summed E-state index contributed by atoms with van der Waals surface area (Å²) in [5.74, 6) is 1.60. The molecule has 0 radical (unpaired) electrons. The van der Waals surface area contributed by atoms with Gasteiger partial charge in [-0.3, -0.25) is 4.79 Å². The molecular weight excluding hydrogens is 332 g/mol. The molecule has 134 valence electrons. The molecule has 2 rings (SSSR count). The van der Waals surface area contributed by atoms with Crippen LogP contribution in [0.3, 0.4) is 0 Å². The van der Waals surface area contributed by atoms with E-state index in [4.69, 9.17) is 4.74 Å². The molecule has 4 heteroatoms. The van der Waals surface area contributed by atoms with Gasteiger partial charge in [0.25, 0.3) is 0 Å². The van der Waals surface area contributed by atoms with Gasteiger partial charge < -0.3 is 9.84 Å². The summed E-state index contributed by atoms with van der Waals surface area (Å²) < 4.78 is 5.88. The highest BCUT2D eigenvalue weighted by atomic mass is 32.2. The van der Waals surface area contributed by atoms with Crippen molar-refractivity contribution in [2.75, 3.05) is 12.4 Å². The summed E-state index contributed by atoms with van der Waals surface area (Å²) in [7, 11) is 0. The second kappa shape index (κ2) is 9.52. The van der Waals surface area contributed by atoms with Crippen LogP contribution in [-0.2, 0) is 6.42 Å². The molecular formula is C21H26O3S. The van der Waals surface area contributed by atoms with Crippen molar-refractivity contribution in [1.29, 1.82) is 0 Å². The van der Waals surface area contributed by atoms with E-state index in [1.54, 1.807) is 12.1 Å². The van der Waals surface area contributed by atoms with Crippen molar-refractivity contribution >= 4 is 17.5 Å². The van der Waals surface area contributed by atoms with E-state index in [2.05, 4.69) is 31.2 Å². The van der Waals surface area contributed by atoms with Gasteiger partial charge in [0.15, 0.2) is 5.78 Å². The average molecular weight is 359 g/mol. The van der Waals surface area contributed by atoms with Gasteiger partial charge in [0.1, 0.15) is 11.5 Å². The van der Waals surface area contributed by atoms with E-state index < -0.39 is 0 Å². The smallest absolute Gasteiger partial charge is 0.163 e. The van der Waals surface area contributed by atoms with Crippen molar-refractivity contribution in [2.24, 2.45) is 0 Å². The maximum absolute atomic E-state index is 11.6. The Balaban J connectivity index is 1.90. The lowest BCUT2D eigenvalue weighted by Gasteiger charge is -2.14. The number of phenols is 1. The lowest BCUT2D eigenvalue weighted by atomic mass is 10.0. The highest BCUT2D eigenvalue weighted by molar-refractivity contribution is 7.99. The zero-order valence-corrected chi connectivity index (χ0v) is 16.0. The highest BCUT2D eigenvalue weighted by Crippen LogP contribution is 2.33. The van der Waals surface area contributed by atoms with E-state index in [0.717, 1.165) is 24.2 Å². The van der Waals surface area contributed by atoms with Gasteiger partial charge in [-0.2, -0.15) is 0 Å². The zero-order chi connectivity index (χ0) is 18.2. The molecule has 0 aliphatic carbocycles. The lowest BCUT2D eigenvalue weighted by Crippen LogP contribution is -2.04. The first-order valence-electron chi connectivity index (χ1n) is 8.71. The molecule has 0 saturated heterocycles. The van der Waals surface area contributed by atoms with Crippen LogP contribution in [0, 0.1) is 6.92 Å². The molecule has 3 nitrogen and oxygen atoms in total. The number of Topliss-reactive ketones (excluding diaryl/α,β-unsaturated/α-hetero) is 1. The molecule has 0 aliphatic rings. The molecule has 1 N–H and O–H groups in total. The number of thioether (sulfide) groups is 1. The van der Waals surface area contributed by atoms with Crippen LogP contribution in [0.4, 0.5) is 0 Å². The van der Waals surface area contributed by atoms with Gasteiger partial charge in [0.2, 0.25) is 0 Å². The molecule has 0 heterocycles. The summed E-state index contributed by atoms with van der Waals surface area (Å²) >= 11 is 1.81. The van der Waals surface area contributed by atoms with E-state index in [1.807, 2.05) is 18.7 Å². The summed E-state index contributed by atoms with van der Waals surface area (Å²) in [6.07, 6.45) is 2.49. The number of ketones is 1. The number of hydrogen-bond acceptors (Lipinski definition) is 4. The monoisotopic (exact) mass is 358 g/mol. The maximum Gasteiger partial charge on any atom is 0.163 e. The molecule has 0 saturated carbocycles. The third-order valence-corrected chi connectivity index (χ3v) is 5.05. The van der Waals surface area contributed by atoms with Crippen molar-refractivity contribution in [3.05, 3.63) is 53.1 Å². The van der Waals surface area contributed by atoms with Crippen molar-refractivity contribution in [3.63, 3.8) is 0 Å². The standard InChI is InChI=1S/C21H26O3S/c1-4-6-19-20(12-11-18(16(3)22)21(19)23)24-13-5-14-25-17-9-7-15(2)8-10-17/h7-12,23H,4-6,13-14H2,1-3H3. The van der Waals surface area contributed by atoms with E-state index >= 15 is 0 Å². The number of rotatable bonds is 9. The number of phenolic OH excluding ortho intramolecular Hbond substituents is 1. The SMILES string of the molecule is CCCc1c(OCCCSc2ccc(C)cc2)ccc(C(C)=O)c1O. The number of carbonyl (C=O) groups excluding carboxylic acids is 1. The average Bonchev–Trinajstić information content (AvgIpc) is 2.58. The fourth-order valence-corrected chi connectivity index (χ4v) is 3.42. The molecule has 0 amide bonds. The number of hydrogen-bond donors (Lipinski definition) is 1. The summed E-state index contributed by atoms with van der Waals surface area (Å²) in [5, 5.41) is 10.3. The summed E-state index contributed by atoms with van der Waals surface area (Å²) in [6.45, 7) is 6.19. The highest BCUT2D eigenvalue weighted by Gasteiger charge is 2.15. The van der Waals surface area contributed by atoms with E-state index in [-0.39, 0.29) is 11.5 Å². The second-order valence-corrected chi connectivity index (χ2v) is 7.28. The minimum Gasteiger partial charge on any atom is -0.507 e. The maximum atomic E-state index is 11.6. The quantitative estimate of drug-likeness (QED) is 0.369. The summed E-state index contributed by atoms with van der Waals surface area (Å²) in [5.41, 5.74) is 2.37. The topological polar surface area (TPSA) is 46.5 Å². The molecule has 0 unspecified atom stereocenters. The number of aryl methyl sites for hydroxylation is 1.